The maximum Gasteiger partial charge on any atom is 0.219 e. The molecule has 19 heavy (non-hydrogen) atoms. The van der Waals surface area contributed by atoms with Gasteiger partial charge in [0.2, 0.25) is 5.88 Å². The van der Waals surface area contributed by atoms with E-state index < -0.39 is 0 Å². The molecular formula is C14H20N4O. The summed E-state index contributed by atoms with van der Waals surface area (Å²) in [6, 6.07) is 4.06. The number of aryl methyl sites for hydroxylation is 1. The zero-order chi connectivity index (χ0) is 13.7. The average molecular weight is 260 g/mol. The highest BCUT2D eigenvalue weighted by Crippen LogP contribution is 2.18. The van der Waals surface area contributed by atoms with Gasteiger partial charge in [0, 0.05) is 24.8 Å². The van der Waals surface area contributed by atoms with E-state index in [9.17, 15) is 0 Å². The number of rotatable bonds is 6. The number of hydrogen-bond donors (Lipinski definition) is 1. The van der Waals surface area contributed by atoms with Crippen LogP contribution in [0.4, 0.5) is 0 Å². The molecule has 1 unspecified atom stereocenters. The summed E-state index contributed by atoms with van der Waals surface area (Å²) in [5.74, 6) is 1.27. The molecule has 2 N–H and O–H groups in total. The minimum absolute atomic E-state index is 0.191. The number of nitrogens with two attached hydrogens (primary N) is 1. The molecule has 5 nitrogen and oxygen atoms in total. The van der Waals surface area contributed by atoms with Gasteiger partial charge >= 0.3 is 0 Å². The maximum atomic E-state index is 5.91. The van der Waals surface area contributed by atoms with E-state index in [1.54, 1.807) is 6.20 Å². The van der Waals surface area contributed by atoms with Crippen molar-refractivity contribution in [2.45, 2.75) is 39.3 Å². The van der Waals surface area contributed by atoms with Gasteiger partial charge in [0.1, 0.15) is 0 Å². The second kappa shape index (κ2) is 6.33. The molecule has 0 aliphatic carbocycles. The van der Waals surface area contributed by atoms with Crippen molar-refractivity contribution in [2.75, 3.05) is 0 Å². The Morgan fingerprint density at radius 1 is 1.32 bits per heavy atom. The van der Waals surface area contributed by atoms with Gasteiger partial charge in [-0.1, -0.05) is 13.0 Å². The third kappa shape index (κ3) is 3.79. The molecule has 102 valence electrons. The fourth-order valence-electron chi connectivity index (χ4n) is 1.73. The predicted molar refractivity (Wildman–Crippen MR) is 74.2 cm³/mol. The number of aromatic nitrogens is 3. The molecular weight excluding hydrogens is 240 g/mol. The van der Waals surface area contributed by atoms with Crippen LogP contribution >= 0.6 is 0 Å². The van der Waals surface area contributed by atoms with Gasteiger partial charge in [0.15, 0.2) is 5.75 Å². The Labute approximate surface area is 113 Å². The summed E-state index contributed by atoms with van der Waals surface area (Å²) in [4.78, 5) is 4.28. The highest BCUT2D eigenvalue weighted by Gasteiger charge is 2.04. The van der Waals surface area contributed by atoms with E-state index in [2.05, 4.69) is 17.0 Å². The molecule has 1 atom stereocenters. The van der Waals surface area contributed by atoms with E-state index in [-0.39, 0.29) is 6.04 Å². The minimum atomic E-state index is 0.191. The van der Waals surface area contributed by atoms with Crippen LogP contribution in [-0.4, -0.2) is 20.8 Å². The first kappa shape index (κ1) is 13.5. The molecule has 0 fully saturated rings. The molecule has 0 aliphatic heterocycles. The van der Waals surface area contributed by atoms with E-state index in [4.69, 9.17) is 10.5 Å². The lowest BCUT2D eigenvalue weighted by molar-refractivity contribution is 0.461. The van der Waals surface area contributed by atoms with E-state index in [0.717, 1.165) is 24.9 Å². The van der Waals surface area contributed by atoms with Gasteiger partial charge in [-0.25, -0.2) is 4.98 Å². The van der Waals surface area contributed by atoms with Crippen LogP contribution in [0, 0.1) is 0 Å². The average Bonchev–Trinajstić information content (AvgIpc) is 2.88. The summed E-state index contributed by atoms with van der Waals surface area (Å²) in [6.07, 6.45) is 7.16. The predicted octanol–water partition coefficient (Wildman–Crippen LogP) is 2.37. The quantitative estimate of drug-likeness (QED) is 0.866. The van der Waals surface area contributed by atoms with Gasteiger partial charge in [0.05, 0.1) is 12.4 Å². The summed E-state index contributed by atoms with van der Waals surface area (Å²) in [6.45, 7) is 4.94. The van der Waals surface area contributed by atoms with E-state index in [0.29, 0.717) is 11.6 Å². The SMILES string of the molecule is CCC(N)Cc1ccc(Oc2cnn(CC)c2)nc1. The van der Waals surface area contributed by atoms with Crippen molar-refractivity contribution in [1.82, 2.24) is 14.8 Å². The van der Waals surface area contributed by atoms with Gasteiger partial charge in [-0.15, -0.1) is 0 Å². The molecule has 0 aromatic carbocycles. The van der Waals surface area contributed by atoms with E-state index in [1.165, 1.54) is 0 Å². The van der Waals surface area contributed by atoms with E-state index in [1.807, 2.05) is 36.1 Å². The monoisotopic (exact) mass is 260 g/mol. The number of nitrogens with zero attached hydrogens (tertiary/aromatic N) is 3. The summed E-state index contributed by atoms with van der Waals surface area (Å²) in [5, 5.41) is 4.15. The zero-order valence-corrected chi connectivity index (χ0v) is 11.4. The summed E-state index contributed by atoms with van der Waals surface area (Å²) in [5.41, 5.74) is 7.05. The molecule has 0 aliphatic rings. The van der Waals surface area contributed by atoms with Gasteiger partial charge in [-0.3, -0.25) is 4.68 Å². The standard InChI is InChI=1S/C14H20N4O/c1-3-12(15)7-11-5-6-14(16-8-11)19-13-9-17-18(4-2)10-13/h5-6,8-10,12H,3-4,7,15H2,1-2H3. The Hall–Kier alpha value is -1.88. The van der Waals surface area contributed by atoms with Gasteiger partial charge in [0.25, 0.3) is 0 Å². The van der Waals surface area contributed by atoms with Crippen molar-refractivity contribution in [3.8, 4) is 11.6 Å². The molecule has 5 heteroatoms. The molecule has 2 aromatic heterocycles. The van der Waals surface area contributed by atoms with Crippen LogP contribution in [-0.2, 0) is 13.0 Å². The molecule has 0 amide bonds. The molecule has 2 aromatic rings. The Kier molecular flexibility index (Phi) is 4.52. The Bertz CT molecular complexity index is 506. The van der Waals surface area contributed by atoms with Crippen LogP contribution in [0.15, 0.2) is 30.7 Å². The molecule has 2 rings (SSSR count). The second-order valence-corrected chi connectivity index (χ2v) is 4.51. The summed E-state index contributed by atoms with van der Waals surface area (Å²) >= 11 is 0. The topological polar surface area (TPSA) is 66.0 Å². The minimum Gasteiger partial charge on any atom is -0.436 e. The van der Waals surface area contributed by atoms with Crippen LogP contribution < -0.4 is 10.5 Å². The van der Waals surface area contributed by atoms with Crippen LogP contribution in [0.25, 0.3) is 0 Å². The van der Waals surface area contributed by atoms with Crippen LogP contribution in [0.2, 0.25) is 0 Å². The highest BCUT2D eigenvalue weighted by atomic mass is 16.5. The Balaban J connectivity index is 1.98. The van der Waals surface area contributed by atoms with Gasteiger partial charge in [-0.05, 0) is 25.3 Å². The van der Waals surface area contributed by atoms with Gasteiger partial charge in [-0.2, -0.15) is 5.10 Å². The molecule has 2 heterocycles. The fourth-order valence-corrected chi connectivity index (χ4v) is 1.73. The summed E-state index contributed by atoms with van der Waals surface area (Å²) in [7, 11) is 0. The van der Waals surface area contributed by atoms with E-state index >= 15 is 0 Å². The number of pyridine rings is 1. The molecule has 0 bridgehead atoms. The van der Waals surface area contributed by atoms with Crippen molar-refractivity contribution in [2.24, 2.45) is 5.73 Å². The molecule has 0 saturated heterocycles. The first-order valence-corrected chi connectivity index (χ1v) is 6.62. The normalized spacial score (nSPS) is 12.4. The third-order valence-electron chi connectivity index (χ3n) is 2.98. The lowest BCUT2D eigenvalue weighted by atomic mass is 10.1. The third-order valence-corrected chi connectivity index (χ3v) is 2.98. The van der Waals surface area contributed by atoms with Crippen LogP contribution in [0.3, 0.4) is 0 Å². The van der Waals surface area contributed by atoms with Crippen molar-refractivity contribution in [3.63, 3.8) is 0 Å². The van der Waals surface area contributed by atoms with Gasteiger partial charge < -0.3 is 10.5 Å². The molecule has 0 saturated carbocycles. The maximum absolute atomic E-state index is 5.91. The van der Waals surface area contributed by atoms with Crippen molar-refractivity contribution >= 4 is 0 Å². The van der Waals surface area contributed by atoms with Crippen LogP contribution in [0.5, 0.6) is 11.6 Å². The lowest BCUT2D eigenvalue weighted by Gasteiger charge is -2.08. The first-order chi connectivity index (χ1) is 9.21. The molecule has 0 spiro atoms. The van der Waals surface area contributed by atoms with Crippen LogP contribution in [0.1, 0.15) is 25.8 Å². The molecule has 0 radical (unpaired) electrons. The van der Waals surface area contributed by atoms with Crippen molar-refractivity contribution < 1.29 is 4.74 Å². The van der Waals surface area contributed by atoms with Crippen molar-refractivity contribution in [1.29, 1.82) is 0 Å². The first-order valence-electron chi connectivity index (χ1n) is 6.62. The zero-order valence-electron chi connectivity index (χ0n) is 11.4. The highest BCUT2D eigenvalue weighted by molar-refractivity contribution is 5.24. The number of ether oxygens (including phenoxy) is 1. The second-order valence-electron chi connectivity index (χ2n) is 4.51. The largest absolute Gasteiger partial charge is 0.436 e. The fraction of sp³-hybridized carbons (Fsp3) is 0.429. The lowest BCUT2D eigenvalue weighted by Crippen LogP contribution is -2.21. The Morgan fingerprint density at radius 3 is 2.74 bits per heavy atom. The van der Waals surface area contributed by atoms with Crippen molar-refractivity contribution in [3.05, 3.63) is 36.3 Å². The summed E-state index contributed by atoms with van der Waals surface area (Å²) < 4.78 is 7.43. The Morgan fingerprint density at radius 2 is 2.16 bits per heavy atom. The smallest absolute Gasteiger partial charge is 0.219 e. The number of hydrogen-bond acceptors (Lipinski definition) is 4.